The van der Waals surface area contributed by atoms with Crippen molar-refractivity contribution >= 4 is 5.91 Å². The number of para-hydroxylation sites is 1. The summed E-state index contributed by atoms with van der Waals surface area (Å²) in [5.41, 5.74) is 0.933. The normalized spacial score (nSPS) is 22.0. The lowest BCUT2D eigenvalue weighted by Crippen LogP contribution is -2.57. The van der Waals surface area contributed by atoms with Gasteiger partial charge in [0.25, 0.3) is 0 Å². The van der Waals surface area contributed by atoms with Crippen molar-refractivity contribution < 1.29 is 22.7 Å². The molecule has 23 heavy (non-hydrogen) atoms. The zero-order chi connectivity index (χ0) is 17.0. The van der Waals surface area contributed by atoms with E-state index < -0.39 is 18.1 Å². The number of methoxy groups -OCH3 is 1. The van der Waals surface area contributed by atoms with E-state index in [9.17, 15) is 18.0 Å². The molecule has 1 saturated heterocycles. The molecule has 1 aromatic carbocycles. The minimum absolute atomic E-state index is 0.0641. The van der Waals surface area contributed by atoms with Crippen LogP contribution in [-0.2, 0) is 11.3 Å². The maximum absolute atomic E-state index is 13.0. The van der Waals surface area contributed by atoms with Gasteiger partial charge in [-0.15, -0.1) is 0 Å². The average Bonchev–Trinajstić information content (AvgIpc) is 2.51. The Kier molecular flexibility index (Phi) is 5.51. The van der Waals surface area contributed by atoms with Crippen LogP contribution in [0.5, 0.6) is 5.75 Å². The molecule has 0 aliphatic carbocycles. The molecule has 4 nitrogen and oxygen atoms in total. The number of halogens is 3. The Bertz CT molecular complexity index is 548. The molecule has 1 fully saturated rings. The summed E-state index contributed by atoms with van der Waals surface area (Å²) < 4.78 is 44.2. The fourth-order valence-corrected chi connectivity index (χ4v) is 2.93. The molecule has 0 aromatic heterocycles. The molecule has 1 aliphatic rings. The van der Waals surface area contributed by atoms with Crippen LogP contribution in [0.15, 0.2) is 24.3 Å². The number of carbonyl (C=O) groups excluding carboxylic acids is 1. The molecule has 7 heteroatoms. The van der Waals surface area contributed by atoms with Crippen molar-refractivity contribution in [2.45, 2.75) is 44.6 Å². The van der Waals surface area contributed by atoms with Crippen LogP contribution in [0.4, 0.5) is 13.2 Å². The zero-order valence-corrected chi connectivity index (χ0v) is 13.2. The van der Waals surface area contributed by atoms with Crippen molar-refractivity contribution in [3.8, 4) is 5.75 Å². The first-order valence-electron chi connectivity index (χ1n) is 7.52. The van der Waals surface area contributed by atoms with Gasteiger partial charge in [0, 0.05) is 31.6 Å². The van der Waals surface area contributed by atoms with Crippen LogP contribution in [0.3, 0.4) is 0 Å². The van der Waals surface area contributed by atoms with Crippen LogP contribution in [-0.4, -0.2) is 42.7 Å². The van der Waals surface area contributed by atoms with Gasteiger partial charge < -0.3 is 15.0 Å². The molecule has 0 spiro atoms. The number of nitrogens with one attached hydrogen (secondary N) is 1. The fourth-order valence-electron chi connectivity index (χ4n) is 2.93. The van der Waals surface area contributed by atoms with Crippen LogP contribution in [0.25, 0.3) is 0 Å². The number of carbonyl (C=O) groups is 1. The molecule has 2 unspecified atom stereocenters. The largest absolute Gasteiger partial charge is 0.496 e. The summed E-state index contributed by atoms with van der Waals surface area (Å²) in [7, 11) is 1.57. The lowest BCUT2D eigenvalue weighted by molar-refractivity contribution is -0.196. The summed E-state index contributed by atoms with van der Waals surface area (Å²) in [6.45, 7) is 1.73. The van der Waals surface area contributed by atoms with Crippen molar-refractivity contribution in [2.24, 2.45) is 0 Å². The van der Waals surface area contributed by atoms with Crippen LogP contribution in [0.2, 0.25) is 0 Å². The second-order valence-electron chi connectivity index (χ2n) is 5.70. The van der Waals surface area contributed by atoms with Gasteiger partial charge in [-0.05, 0) is 18.9 Å². The number of benzene rings is 1. The van der Waals surface area contributed by atoms with E-state index in [2.05, 4.69) is 5.32 Å². The summed E-state index contributed by atoms with van der Waals surface area (Å²) in [6, 6.07) is 5.62. The average molecular weight is 330 g/mol. The quantitative estimate of drug-likeness (QED) is 0.923. The maximum Gasteiger partial charge on any atom is 0.408 e. The number of hydrogen-bond acceptors (Lipinski definition) is 3. The van der Waals surface area contributed by atoms with E-state index in [1.54, 1.807) is 7.11 Å². The van der Waals surface area contributed by atoms with Crippen molar-refractivity contribution in [1.29, 1.82) is 0 Å². The second kappa shape index (κ2) is 7.21. The minimum atomic E-state index is -4.38. The number of piperidine rings is 1. The SMILES string of the molecule is COc1ccccc1CNC1CCC(C(F)(F)F)N(C(C)=O)C1. The number of alkyl halides is 3. The predicted octanol–water partition coefficient (Wildman–Crippen LogP) is 2.73. The molecule has 2 atom stereocenters. The Hall–Kier alpha value is -1.76. The summed E-state index contributed by atoms with van der Waals surface area (Å²) in [5, 5.41) is 3.23. The molecule has 1 heterocycles. The lowest BCUT2D eigenvalue weighted by Gasteiger charge is -2.40. The Morgan fingerprint density at radius 1 is 1.35 bits per heavy atom. The number of ether oxygens (including phenoxy) is 1. The minimum Gasteiger partial charge on any atom is -0.496 e. The number of hydrogen-bond donors (Lipinski definition) is 1. The van der Waals surface area contributed by atoms with Crippen LogP contribution >= 0.6 is 0 Å². The van der Waals surface area contributed by atoms with Gasteiger partial charge >= 0.3 is 6.18 Å². The highest BCUT2D eigenvalue weighted by Gasteiger charge is 2.47. The predicted molar refractivity (Wildman–Crippen MR) is 80.1 cm³/mol. The second-order valence-corrected chi connectivity index (χ2v) is 5.70. The van der Waals surface area contributed by atoms with Gasteiger partial charge in [0.1, 0.15) is 11.8 Å². The molecular weight excluding hydrogens is 309 g/mol. The van der Waals surface area contributed by atoms with Crippen molar-refractivity contribution in [3.63, 3.8) is 0 Å². The standard InChI is InChI=1S/C16H21F3N2O2/c1-11(22)21-10-13(7-8-15(21)16(17,18)19)20-9-12-5-3-4-6-14(12)23-2/h3-6,13,15,20H,7-10H2,1-2H3. The number of nitrogens with zero attached hydrogens (tertiary/aromatic N) is 1. The molecule has 1 N–H and O–H groups in total. The zero-order valence-electron chi connectivity index (χ0n) is 13.2. The van der Waals surface area contributed by atoms with Crippen molar-refractivity contribution in [2.75, 3.05) is 13.7 Å². The van der Waals surface area contributed by atoms with Crippen molar-refractivity contribution in [1.82, 2.24) is 10.2 Å². The number of likely N-dealkylation sites (tertiary alicyclic amines) is 1. The smallest absolute Gasteiger partial charge is 0.408 e. The van der Waals surface area contributed by atoms with Gasteiger partial charge in [-0.25, -0.2) is 0 Å². The van der Waals surface area contributed by atoms with Gasteiger partial charge in [0.15, 0.2) is 0 Å². The Morgan fingerprint density at radius 2 is 2.04 bits per heavy atom. The van der Waals surface area contributed by atoms with E-state index in [4.69, 9.17) is 4.74 Å². The van der Waals surface area contributed by atoms with Gasteiger partial charge in [-0.2, -0.15) is 13.2 Å². The van der Waals surface area contributed by atoms with E-state index in [1.807, 2.05) is 24.3 Å². The lowest BCUT2D eigenvalue weighted by atomic mass is 9.97. The molecule has 1 amide bonds. The van der Waals surface area contributed by atoms with E-state index in [1.165, 1.54) is 6.92 Å². The summed E-state index contributed by atoms with van der Waals surface area (Å²) in [4.78, 5) is 12.5. The third kappa shape index (κ3) is 4.37. The third-order valence-corrected chi connectivity index (χ3v) is 4.14. The molecule has 0 saturated carbocycles. The third-order valence-electron chi connectivity index (χ3n) is 4.14. The van der Waals surface area contributed by atoms with Crippen LogP contribution < -0.4 is 10.1 Å². The van der Waals surface area contributed by atoms with E-state index >= 15 is 0 Å². The van der Waals surface area contributed by atoms with Gasteiger partial charge in [-0.1, -0.05) is 18.2 Å². The monoisotopic (exact) mass is 330 g/mol. The first-order valence-corrected chi connectivity index (χ1v) is 7.52. The molecule has 1 aliphatic heterocycles. The summed E-state index contributed by atoms with van der Waals surface area (Å²) in [6.07, 6.45) is -4.07. The Labute approximate surface area is 133 Å². The van der Waals surface area contributed by atoms with Crippen LogP contribution in [0, 0.1) is 0 Å². The van der Waals surface area contributed by atoms with E-state index in [-0.39, 0.29) is 19.0 Å². The molecular formula is C16H21F3N2O2. The highest BCUT2D eigenvalue weighted by Crippen LogP contribution is 2.32. The van der Waals surface area contributed by atoms with Crippen LogP contribution in [0.1, 0.15) is 25.3 Å². The van der Waals surface area contributed by atoms with Gasteiger partial charge in [-0.3, -0.25) is 4.79 Å². The topological polar surface area (TPSA) is 41.6 Å². The number of amides is 1. The maximum atomic E-state index is 13.0. The fraction of sp³-hybridized carbons (Fsp3) is 0.562. The molecule has 0 bridgehead atoms. The Balaban J connectivity index is 1.99. The molecule has 0 radical (unpaired) electrons. The summed E-state index contributed by atoms with van der Waals surface area (Å²) in [5.74, 6) is 0.184. The summed E-state index contributed by atoms with van der Waals surface area (Å²) >= 11 is 0. The first kappa shape index (κ1) is 17.6. The Morgan fingerprint density at radius 3 is 2.65 bits per heavy atom. The van der Waals surface area contributed by atoms with E-state index in [0.29, 0.717) is 13.0 Å². The van der Waals surface area contributed by atoms with Gasteiger partial charge in [0.05, 0.1) is 7.11 Å². The highest BCUT2D eigenvalue weighted by molar-refractivity contribution is 5.74. The molecule has 1 aromatic rings. The van der Waals surface area contributed by atoms with Crippen molar-refractivity contribution in [3.05, 3.63) is 29.8 Å². The van der Waals surface area contributed by atoms with Gasteiger partial charge in [0.2, 0.25) is 5.91 Å². The molecule has 128 valence electrons. The highest BCUT2D eigenvalue weighted by atomic mass is 19.4. The number of rotatable bonds is 4. The molecule has 2 rings (SSSR count). The van der Waals surface area contributed by atoms with E-state index in [0.717, 1.165) is 16.2 Å². The first-order chi connectivity index (χ1) is 10.8.